The second kappa shape index (κ2) is 19.6. The van der Waals surface area contributed by atoms with Gasteiger partial charge >= 0.3 is 8.56 Å². The van der Waals surface area contributed by atoms with E-state index in [1.165, 1.54) is 25.7 Å². The van der Waals surface area contributed by atoms with Crippen molar-refractivity contribution in [2.75, 3.05) is 39.5 Å². The Morgan fingerprint density at radius 2 is 0.788 bits per heavy atom. The van der Waals surface area contributed by atoms with Crippen molar-refractivity contribution in [3.05, 3.63) is 0 Å². The fourth-order valence-electron chi connectivity index (χ4n) is 4.26. The minimum atomic E-state index is -2.14. The molecule has 0 spiro atoms. The van der Waals surface area contributed by atoms with Crippen LogP contribution in [0, 0.1) is 0 Å². The lowest BCUT2D eigenvalue weighted by Gasteiger charge is -2.38. The van der Waals surface area contributed by atoms with Gasteiger partial charge in [-0.15, -0.1) is 0 Å². The van der Waals surface area contributed by atoms with Crippen molar-refractivity contribution in [1.82, 2.24) is 0 Å². The fourth-order valence-corrected chi connectivity index (χ4v) is 18.3. The molecule has 0 saturated heterocycles. The van der Waals surface area contributed by atoms with Crippen LogP contribution in [-0.2, 0) is 17.7 Å². The largest absolute Gasteiger partial charge is 0.437 e. The first-order chi connectivity index (χ1) is 15.5. The van der Waals surface area contributed by atoms with Crippen molar-refractivity contribution in [3.63, 3.8) is 0 Å². The molecule has 0 aliphatic heterocycles. The van der Waals surface area contributed by atoms with Gasteiger partial charge in [-0.25, -0.2) is 0 Å². The average Bonchev–Trinajstić information content (AvgIpc) is 2.69. The third-order valence-corrected chi connectivity index (χ3v) is 17.1. The Kier molecular flexibility index (Phi) is 19.8. The van der Waals surface area contributed by atoms with Crippen LogP contribution in [0.15, 0.2) is 0 Å². The Hall–Kier alpha value is 0.411. The third-order valence-electron chi connectivity index (χ3n) is 5.66. The van der Waals surface area contributed by atoms with Crippen molar-refractivity contribution in [2.24, 2.45) is 11.5 Å². The summed E-state index contributed by atoms with van der Waals surface area (Å²) in [5, 5.41) is 0. The van der Waals surface area contributed by atoms with Crippen molar-refractivity contribution in [3.8, 4) is 0 Å². The third kappa shape index (κ3) is 22.6. The number of rotatable bonds is 24. The Labute approximate surface area is 209 Å². The van der Waals surface area contributed by atoms with Crippen LogP contribution < -0.4 is 11.5 Å². The molecule has 0 amide bonds. The number of hydrogen-bond donors (Lipinski definition) is 2. The van der Waals surface area contributed by atoms with Gasteiger partial charge in [0.25, 0.3) is 0 Å². The molecule has 0 radical (unpaired) electrons. The second-order valence-corrected chi connectivity index (χ2v) is 23.4. The zero-order chi connectivity index (χ0) is 25.1. The quantitative estimate of drug-likeness (QED) is 0.120. The second-order valence-electron chi connectivity index (χ2n) is 11.0. The van der Waals surface area contributed by atoms with E-state index in [-0.39, 0.29) is 0 Å². The van der Waals surface area contributed by atoms with E-state index < -0.39 is 25.2 Å². The molecule has 0 aliphatic carbocycles. The normalized spacial score (nSPS) is 13.1. The molecule has 200 valence electrons. The van der Waals surface area contributed by atoms with E-state index in [1.807, 2.05) is 0 Å². The molecule has 9 heteroatoms. The molecule has 0 aliphatic rings. The van der Waals surface area contributed by atoms with Gasteiger partial charge in [-0.1, -0.05) is 25.7 Å². The standard InChI is InChI=1S/C24H58N2O4Si3/c1-31(2,23-15-21-27-19-13-9-7-11-17-25)29-33(5,6)30-32(3,4)24-16-22-28-20-14-10-8-12-18-26/h7-26H2,1-6H3. The van der Waals surface area contributed by atoms with Crippen molar-refractivity contribution in [1.29, 1.82) is 0 Å². The molecule has 0 bridgehead atoms. The van der Waals surface area contributed by atoms with Gasteiger partial charge in [0.05, 0.1) is 0 Å². The minimum absolute atomic E-state index is 0.800. The summed E-state index contributed by atoms with van der Waals surface area (Å²) in [7, 11) is -5.65. The highest BCUT2D eigenvalue weighted by Crippen LogP contribution is 2.26. The first-order valence-electron chi connectivity index (χ1n) is 13.5. The van der Waals surface area contributed by atoms with E-state index in [0.29, 0.717) is 0 Å². The number of nitrogens with two attached hydrogens (primary N) is 2. The zero-order valence-electron chi connectivity index (χ0n) is 23.0. The molecule has 33 heavy (non-hydrogen) atoms. The molecular weight excluding hydrogens is 465 g/mol. The summed E-state index contributed by atoms with van der Waals surface area (Å²) in [5.74, 6) is 0. The Bertz CT molecular complexity index is 417. The molecule has 6 nitrogen and oxygen atoms in total. The van der Waals surface area contributed by atoms with E-state index in [2.05, 4.69) is 39.3 Å². The van der Waals surface area contributed by atoms with Gasteiger partial charge in [0.2, 0.25) is 0 Å². The molecule has 0 saturated carbocycles. The SMILES string of the molecule is C[Si](C)(CCCOCCCCCCN)O[Si](C)(C)O[Si](C)(C)CCCOCCCCCCN. The Balaban J connectivity index is 4.00. The van der Waals surface area contributed by atoms with Crippen LogP contribution in [-0.4, -0.2) is 64.7 Å². The van der Waals surface area contributed by atoms with Crippen molar-refractivity contribution < 1.29 is 17.7 Å². The van der Waals surface area contributed by atoms with E-state index in [9.17, 15) is 0 Å². The number of ether oxygens (including phenoxy) is 2. The predicted octanol–water partition coefficient (Wildman–Crippen LogP) is 5.98. The lowest BCUT2D eigenvalue weighted by molar-refractivity contribution is 0.129. The lowest BCUT2D eigenvalue weighted by atomic mass is 10.2. The average molecular weight is 523 g/mol. The number of unbranched alkanes of at least 4 members (excludes halogenated alkanes) is 6. The van der Waals surface area contributed by atoms with Crippen LogP contribution in [0.2, 0.25) is 51.4 Å². The highest BCUT2D eigenvalue weighted by Gasteiger charge is 2.39. The molecule has 0 unspecified atom stereocenters. The molecule has 0 aromatic heterocycles. The van der Waals surface area contributed by atoms with Gasteiger partial charge in [-0.3, -0.25) is 0 Å². The van der Waals surface area contributed by atoms with Gasteiger partial charge in [0.15, 0.2) is 16.6 Å². The predicted molar refractivity (Wildman–Crippen MR) is 150 cm³/mol. The van der Waals surface area contributed by atoms with Crippen molar-refractivity contribution >= 4 is 25.2 Å². The highest BCUT2D eigenvalue weighted by molar-refractivity contribution is 6.87. The summed E-state index contributed by atoms with van der Waals surface area (Å²) >= 11 is 0. The van der Waals surface area contributed by atoms with Gasteiger partial charge in [0, 0.05) is 26.4 Å². The lowest BCUT2D eigenvalue weighted by Crippen LogP contribution is -2.52. The summed E-state index contributed by atoms with van der Waals surface area (Å²) in [4.78, 5) is 0. The van der Waals surface area contributed by atoms with Crippen LogP contribution in [0.4, 0.5) is 0 Å². The Morgan fingerprint density at radius 1 is 0.455 bits per heavy atom. The molecule has 0 fully saturated rings. The number of hydrogen-bond acceptors (Lipinski definition) is 6. The monoisotopic (exact) mass is 522 g/mol. The summed E-state index contributed by atoms with van der Waals surface area (Å²) in [6.45, 7) is 18.8. The van der Waals surface area contributed by atoms with Gasteiger partial charge in [-0.2, -0.15) is 0 Å². The summed E-state index contributed by atoms with van der Waals surface area (Å²) < 4.78 is 25.1. The smallest absolute Gasteiger partial charge is 0.311 e. The molecule has 0 rings (SSSR count). The molecule has 0 aromatic carbocycles. The van der Waals surface area contributed by atoms with Crippen molar-refractivity contribution in [2.45, 2.75) is 116 Å². The van der Waals surface area contributed by atoms with Gasteiger partial charge in [-0.05, 0) is 103 Å². The maximum Gasteiger partial charge on any atom is 0.311 e. The maximum atomic E-state index is 6.71. The van der Waals surface area contributed by atoms with Gasteiger partial charge in [0.1, 0.15) is 0 Å². The highest BCUT2D eigenvalue weighted by atomic mass is 28.5. The molecule has 0 atom stereocenters. The molecule has 0 heterocycles. The zero-order valence-corrected chi connectivity index (χ0v) is 26.0. The molecule has 0 aromatic rings. The van der Waals surface area contributed by atoms with Crippen LogP contribution in [0.25, 0.3) is 0 Å². The summed E-state index contributed by atoms with van der Waals surface area (Å²) in [6, 6.07) is 2.25. The first kappa shape index (κ1) is 33.4. The fraction of sp³-hybridized carbons (Fsp3) is 1.00. The molecule has 4 N–H and O–H groups in total. The van der Waals surface area contributed by atoms with Crippen LogP contribution in [0.3, 0.4) is 0 Å². The Morgan fingerprint density at radius 3 is 1.15 bits per heavy atom. The maximum absolute atomic E-state index is 6.71. The van der Waals surface area contributed by atoms with Crippen LogP contribution in [0.5, 0.6) is 0 Å². The summed E-state index contributed by atoms with van der Waals surface area (Å²) in [5.41, 5.74) is 11.1. The van der Waals surface area contributed by atoms with E-state index >= 15 is 0 Å². The minimum Gasteiger partial charge on any atom is -0.437 e. The van der Waals surface area contributed by atoms with Crippen LogP contribution in [0.1, 0.15) is 64.2 Å². The summed E-state index contributed by atoms with van der Waals surface area (Å²) in [6.07, 6.45) is 11.6. The molecular formula is C24H58N2O4Si3. The van der Waals surface area contributed by atoms with Gasteiger partial charge < -0.3 is 29.2 Å². The first-order valence-corrected chi connectivity index (χ1v) is 22.5. The van der Waals surface area contributed by atoms with E-state index in [1.54, 1.807) is 0 Å². The topological polar surface area (TPSA) is 89.0 Å². The van der Waals surface area contributed by atoms with E-state index in [0.717, 1.165) is 90.1 Å². The van der Waals surface area contributed by atoms with Crippen LogP contribution >= 0.6 is 0 Å². The van der Waals surface area contributed by atoms with E-state index in [4.69, 9.17) is 29.2 Å².